The molecule has 1 amide bonds. The van der Waals surface area contributed by atoms with Crippen LogP contribution in [0.3, 0.4) is 0 Å². The number of aliphatic hydroxyl groups is 1. The molecule has 2 rings (SSSR count). The highest BCUT2D eigenvalue weighted by molar-refractivity contribution is 5.97. The Kier molecular flexibility index (Phi) is 2.87. The van der Waals surface area contributed by atoms with Gasteiger partial charge in [-0.15, -0.1) is 0 Å². The van der Waals surface area contributed by atoms with Gasteiger partial charge in [-0.25, -0.2) is 0 Å². The number of H-pyrrole nitrogens is 1. The quantitative estimate of drug-likeness (QED) is 0.710. The zero-order valence-electron chi connectivity index (χ0n) is 8.90. The molecule has 0 saturated heterocycles. The number of aromatic nitrogens is 2. The molecule has 3 N–H and O–H groups in total. The van der Waals surface area contributed by atoms with Gasteiger partial charge in [-0.2, -0.15) is 5.10 Å². The maximum atomic E-state index is 11.7. The van der Waals surface area contributed by atoms with Gasteiger partial charge in [0.15, 0.2) is 0 Å². The minimum Gasteiger partial charge on any atom is -0.392 e. The van der Waals surface area contributed by atoms with Crippen molar-refractivity contribution in [2.45, 2.75) is 13.0 Å². The van der Waals surface area contributed by atoms with Crippen LogP contribution in [0.25, 0.3) is 10.9 Å². The summed E-state index contributed by atoms with van der Waals surface area (Å²) in [6, 6.07) is 5.30. The third-order valence-corrected chi connectivity index (χ3v) is 2.26. The number of rotatable bonds is 3. The van der Waals surface area contributed by atoms with Crippen LogP contribution < -0.4 is 5.32 Å². The second-order valence-electron chi connectivity index (χ2n) is 3.73. The number of amides is 1. The van der Waals surface area contributed by atoms with E-state index in [1.807, 2.05) is 6.07 Å². The Morgan fingerprint density at radius 1 is 1.62 bits per heavy atom. The number of aliphatic hydroxyl groups excluding tert-OH is 1. The van der Waals surface area contributed by atoms with Crippen molar-refractivity contribution in [1.82, 2.24) is 15.5 Å². The van der Waals surface area contributed by atoms with Crippen LogP contribution in [0.1, 0.15) is 17.3 Å². The lowest BCUT2D eigenvalue weighted by molar-refractivity contribution is 0.0924. The van der Waals surface area contributed by atoms with Crippen LogP contribution in [0.4, 0.5) is 0 Å². The van der Waals surface area contributed by atoms with Crippen molar-refractivity contribution in [1.29, 1.82) is 0 Å². The number of carbonyl (C=O) groups excluding carboxylic acids is 1. The molecule has 0 spiro atoms. The van der Waals surface area contributed by atoms with Gasteiger partial charge in [-0.05, 0) is 19.1 Å². The number of fused-ring (bicyclic) bond motifs is 1. The smallest absolute Gasteiger partial charge is 0.251 e. The molecule has 0 saturated carbocycles. The Morgan fingerprint density at radius 2 is 2.44 bits per heavy atom. The van der Waals surface area contributed by atoms with Crippen molar-refractivity contribution in [2.24, 2.45) is 0 Å². The van der Waals surface area contributed by atoms with Crippen molar-refractivity contribution < 1.29 is 9.90 Å². The lowest BCUT2D eigenvalue weighted by Crippen LogP contribution is -2.30. The lowest BCUT2D eigenvalue weighted by atomic mass is 10.1. The first kappa shape index (κ1) is 10.6. The number of nitrogens with zero attached hydrogens (tertiary/aromatic N) is 1. The Hall–Kier alpha value is -1.88. The molecule has 16 heavy (non-hydrogen) atoms. The summed E-state index contributed by atoms with van der Waals surface area (Å²) in [6.45, 7) is 1.87. The highest BCUT2D eigenvalue weighted by Gasteiger charge is 2.07. The summed E-state index contributed by atoms with van der Waals surface area (Å²) in [4.78, 5) is 11.7. The van der Waals surface area contributed by atoms with Gasteiger partial charge in [0, 0.05) is 17.5 Å². The van der Waals surface area contributed by atoms with Crippen molar-refractivity contribution in [3.8, 4) is 0 Å². The fourth-order valence-corrected chi connectivity index (χ4v) is 1.42. The van der Waals surface area contributed by atoms with Crippen molar-refractivity contribution in [3.05, 3.63) is 30.0 Å². The zero-order valence-corrected chi connectivity index (χ0v) is 8.90. The number of hydrogen-bond acceptors (Lipinski definition) is 3. The van der Waals surface area contributed by atoms with E-state index in [9.17, 15) is 4.79 Å². The maximum Gasteiger partial charge on any atom is 0.251 e. The summed E-state index contributed by atoms with van der Waals surface area (Å²) in [7, 11) is 0. The van der Waals surface area contributed by atoms with Crippen LogP contribution in [0.5, 0.6) is 0 Å². The van der Waals surface area contributed by atoms with Gasteiger partial charge >= 0.3 is 0 Å². The number of carbonyl (C=O) groups is 1. The first-order valence-electron chi connectivity index (χ1n) is 5.06. The highest BCUT2D eigenvalue weighted by atomic mass is 16.3. The van der Waals surface area contributed by atoms with Gasteiger partial charge in [0.25, 0.3) is 5.91 Å². The van der Waals surface area contributed by atoms with Crippen LogP contribution in [-0.2, 0) is 0 Å². The molecule has 2 aromatic rings. The molecule has 1 heterocycles. The van der Waals surface area contributed by atoms with Crippen LogP contribution in [0.15, 0.2) is 24.4 Å². The van der Waals surface area contributed by atoms with Crippen LogP contribution in [0, 0.1) is 0 Å². The van der Waals surface area contributed by atoms with E-state index < -0.39 is 6.10 Å². The molecule has 84 valence electrons. The summed E-state index contributed by atoms with van der Waals surface area (Å²) >= 11 is 0. The number of benzene rings is 1. The largest absolute Gasteiger partial charge is 0.392 e. The summed E-state index contributed by atoms with van der Waals surface area (Å²) in [5.41, 5.74) is 1.38. The average molecular weight is 219 g/mol. The second kappa shape index (κ2) is 4.32. The zero-order chi connectivity index (χ0) is 11.5. The molecule has 0 bridgehead atoms. The fourth-order valence-electron chi connectivity index (χ4n) is 1.42. The molecule has 0 fully saturated rings. The van der Waals surface area contributed by atoms with Crippen molar-refractivity contribution in [2.75, 3.05) is 6.54 Å². The van der Waals surface area contributed by atoms with Gasteiger partial charge < -0.3 is 10.4 Å². The molecule has 0 aliphatic heterocycles. The normalized spacial score (nSPS) is 12.6. The van der Waals surface area contributed by atoms with E-state index in [0.29, 0.717) is 5.56 Å². The summed E-state index contributed by atoms with van der Waals surface area (Å²) < 4.78 is 0. The van der Waals surface area contributed by atoms with Crippen LogP contribution in [-0.4, -0.2) is 33.9 Å². The van der Waals surface area contributed by atoms with E-state index in [4.69, 9.17) is 5.11 Å². The molecule has 5 nitrogen and oxygen atoms in total. The summed E-state index contributed by atoms with van der Waals surface area (Å²) in [6.07, 6.45) is 1.16. The molecule has 1 aromatic heterocycles. The summed E-state index contributed by atoms with van der Waals surface area (Å²) in [5.74, 6) is -0.197. The summed E-state index contributed by atoms with van der Waals surface area (Å²) in [5, 5.41) is 19.3. The van der Waals surface area contributed by atoms with E-state index in [1.165, 1.54) is 0 Å². The van der Waals surface area contributed by atoms with Gasteiger partial charge in [0.05, 0.1) is 17.8 Å². The molecule has 0 unspecified atom stereocenters. The van der Waals surface area contributed by atoms with Gasteiger partial charge in [-0.1, -0.05) is 6.07 Å². The first-order chi connectivity index (χ1) is 7.66. The van der Waals surface area contributed by atoms with Gasteiger partial charge in [-0.3, -0.25) is 9.89 Å². The lowest BCUT2D eigenvalue weighted by Gasteiger charge is -2.06. The minimum atomic E-state index is -0.542. The van der Waals surface area contributed by atoms with E-state index in [2.05, 4.69) is 15.5 Å². The Balaban J connectivity index is 2.16. The third-order valence-electron chi connectivity index (χ3n) is 2.26. The second-order valence-corrected chi connectivity index (χ2v) is 3.73. The predicted molar refractivity (Wildman–Crippen MR) is 60.1 cm³/mol. The molecule has 0 aliphatic rings. The number of aromatic amines is 1. The standard InChI is InChI=1S/C11H13N3O2/c1-7(15)5-12-11(16)8-2-3-9-6-13-14-10(9)4-8/h2-4,6-7,15H,5H2,1H3,(H,12,16)(H,13,14)/t7-/m1/s1. The molecule has 0 radical (unpaired) electrons. The topological polar surface area (TPSA) is 78.0 Å². The van der Waals surface area contributed by atoms with Gasteiger partial charge in [0.1, 0.15) is 0 Å². The molecule has 5 heteroatoms. The van der Waals surface area contributed by atoms with E-state index in [0.717, 1.165) is 10.9 Å². The van der Waals surface area contributed by atoms with Crippen LogP contribution >= 0.6 is 0 Å². The number of hydrogen-bond donors (Lipinski definition) is 3. The average Bonchev–Trinajstić information content (AvgIpc) is 2.72. The minimum absolute atomic E-state index is 0.197. The first-order valence-corrected chi connectivity index (χ1v) is 5.06. The van der Waals surface area contributed by atoms with Gasteiger partial charge in [0.2, 0.25) is 0 Å². The maximum absolute atomic E-state index is 11.7. The molecule has 0 aliphatic carbocycles. The van der Waals surface area contributed by atoms with Crippen molar-refractivity contribution >= 4 is 16.8 Å². The Morgan fingerprint density at radius 3 is 3.19 bits per heavy atom. The molecular weight excluding hydrogens is 206 g/mol. The molecular formula is C11H13N3O2. The van der Waals surface area contributed by atoms with E-state index in [1.54, 1.807) is 25.3 Å². The Bertz CT molecular complexity index is 505. The van der Waals surface area contributed by atoms with E-state index >= 15 is 0 Å². The fraction of sp³-hybridized carbons (Fsp3) is 0.273. The molecule has 1 atom stereocenters. The SMILES string of the molecule is C[C@@H](O)CNC(=O)c1ccc2cn[nH]c2c1. The van der Waals surface area contributed by atoms with Crippen LogP contribution in [0.2, 0.25) is 0 Å². The molecule has 1 aromatic carbocycles. The highest BCUT2D eigenvalue weighted by Crippen LogP contribution is 2.12. The predicted octanol–water partition coefficient (Wildman–Crippen LogP) is 0.674. The Labute approximate surface area is 92.5 Å². The van der Waals surface area contributed by atoms with E-state index in [-0.39, 0.29) is 12.5 Å². The monoisotopic (exact) mass is 219 g/mol. The third kappa shape index (κ3) is 2.20. The number of nitrogens with one attached hydrogen (secondary N) is 2. The van der Waals surface area contributed by atoms with Crippen molar-refractivity contribution in [3.63, 3.8) is 0 Å².